The molecule has 2 N–H and O–H groups in total. The van der Waals surface area contributed by atoms with Crippen LogP contribution >= 0.6 is 11.6 Å². The van der Waals surface area contributed by atoms with E-state index >= 15 is 0 Å². The van der Waals surface area contributed by atoms with Gasteiger partial charge in [0.05, 0.1) is 5.02 Å². The van der Waals surface area contributed by atoms with Gasteiger partial charge >= 0.3 is 6.09 Å². The molecule has 4 atom stereocenters. The van der Waals surface area contributed by atoms with Gasteiger partial charge in [-0.05, 0) is 96.5 Å². The molecule has 2 fully saturated rings. The summed E-state index contributed by atoms with van der Waals surface area (Å²) in [5.41, 5.74) is -0.131. The highest BCUT2D eigenvalue weighted by Gasteiger charge is 2.43. The zero-order valence-corrected chi connectivity index (χ0v) is 33.4. The molecule has 2 saturated carbocycles. The van der Waals surface area contributed by atoms with Crippen LogP contribution < -0.4 is 15.4 Å². The lowest BCUT2D eigenvalue weighted by Crippen LogP contribution is -2.59. The standard InChI is InChI=1S/C39H59ClN6O7/c1-24(2)20-29-35(48)46(8)31(22-26-21-27(40)23-41-34(26)52-28-17-18-28)36(49)44(6)19-13-11-9-10-12-14-30(33(47)42-29)45(7)37(50)32(25-15-16-25)43-38(51)53-39(3,4)5/h10,12,21,23-25,28-32H,9,11,13-20,22H2,1-8H3,(H,42,47)(H,43,51)/b12-10-/t29-,30-,31-,32-/m0/s1. The number of halogens is 1. The van der Waals surface area contributed by atoms with Gasteiger partial charge in [-0.3, -0.25) is 19.2 Å². The number of nitrogens with one attached hydrogen (secondary N) is 2. The van der Waals surface area contributed by atoms with Gasteiger partial charge in [-0.15, -0.1) is 0 Å². The van der Waals surface area contributed by atoms with Gasteiger partial charge in [0, 0.05) is 45.9 Å². The topological polar surface area (TPSA) is 150 Å². The maximum atomic E-state index is 14.5. The number of amides is 5. The number of ether oxygens (including phenoxy) is 2. The first-order valence-electron chi connectivity index (χ1n) is 19.0. The van der Waals surface area contributed by atoms with Crippen molar-refractivity contribution in [3.8, 4) is 5.88 Å². The lowest BCUT2D eigenvalue weighted by atomic mass is 9.98. The van der Waals surface area contributed by atoms with Crippen LogP contribution in [0.2, 0.25) is 5.02 Å². The SMILES string of the molecule is CC(C)C[C@@H]1NC(=O)[C@@H](N(C)C(=O)[C@@H](NC(=O)OC(C)(C)C)C2CC2)C/C=C\CCCCN(C)C(=O)[C@H](Cc2cc(Cl)cnc2OC2CC2)N(C)C1=O. The second kappa shape index (κ2) is 18.4. The van der Waals surface area contributed by atoms with E-state index in [2.05, 4.69) is 15.6 Å². The van der Waals surface area contributed by atoms with Crippen molar-refractivity contribution in [2.75, 3.05) is 27.7 Å². The van der Waals surface area contributed by atoms with Gasteiger partial charge in [0.2, 0.25) is 29.5 Å². The zero-order valence-electron chi connectivity index (χ0n) is 32.7. The highest BCUT2D eigenvalue weighted by molar-refractivity contribution is 6.30. The molecule has 3 aliphatic rings. The quantitative estimate of drug-likeness (QED) is 0.320. The van der Waals surface area contributed by atoms with E-state index in [1.807, 2.05) is 26.0 Å². The van der Waals surface area contributed by atoms with Crippen molar-refractivity contribution in [1.82, 2.24) is 30.3 Å². The van der Waals surface area contributed by atoms with Crippen molar-refractivity contribution >= 4 is 41.3 Å². The zero-order chi connectivity index (χ0) is 39.0. The summed E-state index contributed by atoms with van der Waals surface area (Å²) < 4.78 is 11.5. The summed E-state index contributed by atoms with van der Waals surface area (Å²) in [4.78, 5) is 78.5. The Morgan fingerprint density at radius 2 is 1.77 bits per heavy atom. The molecule has 0 spiro atoms. The summed E-state index contributed by atoms with van der Waals surface area (Å²) in [5, 5.41) is 6.10. The smallest absolute Gasteiger partial charge is 0.408 e. The fourth-order valence-corrected chi connectivity index (χ4v) is 6.58. The summed E-state index contributed by atoms with van der Waals surface area (Å²) in [6, 6.07) is -2.03. The molecule has 2 aliphatic carbocycles. The Morgan fingerprint density at radius 3 is 2.40 bits per heavy atom. The third-order valence-electron chi connectivity index (χ3n) is 9.70. The molecular weight excluding hydrogens is 700 g/mol. The van der Waals surface area contributed by atoms with Crippen molar-refractivity contribution in [2.24, 2.45) is 11.8 Å². The summed E-state index contributed by atoms with van der Waals surface area (Å²) in [5.74, 6) is -1.26. The maximum absolute atomic E-state index is 14.5. The monoisotopic (exact) mass is 758 g/mol. The predicted octanol–water partition coefficient (Wildman–Crippen LogP) is 4.90. The Labute approximate surface area is 319 Å². The number of aromatic nitrogens is 1. The van der Waals surface area contributed by atoms with Crippen LogP contribution in [0.4, 0.5) is 4.79 Å². The molecular formula is C39H59ClN6O7. The van der Waals surface area contributed by atoms with Gasteiger partial charge in [-0.2, -0.15) is 0 Å². The Balaban J connectivity index is 1.64. The first-order valence-corrected chi connectivity index (χ1v) is 19.4. The lowest BCUT2D eigenvalue weighted by molar-refractivity contribution is -0.147. The number of nitrogens with zero attached hydrogens (tertiary/aromatic N) is 4. The Bertz CT molecular complexity index is 1510. The number of rotatable bonds is 10. The first kappa shape index (κ1) is 41.9. The molecule has 5 amide bonds. The van der Waals surface area contributed by atoms with Crippen LogP contribution in [0.25, 0.3) is 0 Å². The molecule has 0 radical (unpaired) electrons. The average molecular weight is 759 g/mol. The van der Waals surface area contributed by atoms with Crippen molar-refractivity contribution in [3.63, 3.8) is 0 Å². The summed E-state index contributed by atoms with van der Waals surface area (Å²) in [6.45, 7) is 9.64. The fourth-order valence-electron chi connectivity index (χ4n) is 6.40. The number of pyridine rings is 1. The minimum atomic E-state index is -0.991. The van der Waals surface area contributed by atoms with Gasteiger partial charge in [-0.1, -0.05) is 37.6 Å². The van der Waals surface area contributed by atoms with Crippen molar-refractivity contribution in [3.05, 3.63) is 35.0 Å². The second-order valence-electron chi connectivity index (χ2n) is 16.2. The van der Waals surface area contributed by atoms with E-state index in [4.69, 9.17) is 21.1 Å². The Kier molecular flexibility index (Phi) is 14.6. The second-order valence-corrected chi connectivity index (χ2v) is 16.6. The van der Waals surface area contributed by atoms with E-state index in [1.165, 1.54) is 16.0 Å². The number of hydrogen-bond acceptors (Lipinski definition) is 8. The molecule has 13 nitrogen and oxygen atoms in total. The van der Waals surface area contributed by atoms with Crippen molar-refractivity contribution in [2.45, 2.75) is 135 Å². The van der Waals surface area contributed by atoms with E-state index in [0.29, 0.717) is 35.9 Å². The van der Waals surface area contributed by atoms with Crippen LogP contribution in [-0.4, -0.2) is 113 Å². The Morgan fingerprint density at radius 1 is 1.08 bits per heavy atom. The molecule has 294 valence electrons. The summed E-state index contributed by atoms with van der Waals surface area (Å²) in [7, 11) is 4.88. The number of allylic oxidation sites excluding steroid dienone is 1. The fraction of sp³-hybridized carbons (Fsp3) is 0.692. The van der Waals surface area contributed by atoms with Gasteiger partial charge in [0.15, 0.2) is 0 Å². The highest BCUT2D eigenvalue weighted by Crippen LogP contribution is 2.34. The van der Waals surface area contributed by atoms with Gasteiger partial charge < -0.3 is 34.8 Å². The largest absolute Gasteiger partial charge is 0.474 e. The molecule has 4 rings (SSSR count). The Hall–Kier alpha value is -3.87. The lowest BCUT2D eigenvalue weighted by Gasteiger charge is -2.35. The van der Waals surface area contributed by atoms with Crippen molar-refractivity contribution in [1.29, 1.82) is 0 Å². The summed E-state index contributed by atoms with van der Waals surface area (Å²) >= 11 is 6.37. The van der Waals surface area contributed by atoms with E-state index in [-0.39, 0.29) is 36.7 Å². The van der Waals surface area contributed by atoms with Crippen LogP contribution in [0.3, 0.4) is 0 Å². The molecule has 0 unspecified atom stereocenters. The van der Waals surface area contributed by atoms with Crippen LogP contribution in [-0.2, 0) is 30.3 Å². The van der Waals surface area contributed by atoms with Crippen molar-refractivity contribution < 1.29 is 33.4 Å². The molecule has 0 saturated heterocycles. The third kappa shape index (κ3) is 12.6. The number of carbonyl (C=O) groups is 5. The predicted molar refractivity (Wildman–Crippen MR) is 202 cm³/mol. The molecule has 1 aliphatic heterocycles. The van der Waals surface area contributed by atoms with E-state index < -0.39 is 53.6 Å². The maximum Gasteiger partial charge on any atom is 0.408 e. The molecule has 1 aromatic rings. The molecule has 0 aromatic carbocycles. The van der Waals surface area contributed by atoms with E-state index in [0.717, 1.165) is 38.5 Å². The minimum Gasteiger partial charge on any atom is -0.474 e. The van der Waals surface area contributed by atoms with Gasteiger partial charge in [0.25, 0.3) is 0 Å². The summed E-state index contributed by atoms with van der Waals surface area (Å²) in [6.07, 6.45) is 10.9. The number of carbonyl (C=O) groups excluding carboxylic acids is 5. The van der Waals surface area contributed by atoms with E-state index in [9.17, 15) is 24.0 Å². The molecule has 1 aromatic heterocycles. The van der Waals surface area contributed by atoms with Gasteiger partial charge in [-0.25, -0.2) is 9.78 Å². The number of alkyl carbamates (subject to hydrolysis) is 1. The minimum absolute atomic E-state index is 0.00530. The van der Waals surface area contributed by atoms with Crippen LogP contribution in [0, 0.1) is 11.8 Å². The van der Waals surface area contributed by atoms with Crippen LogP contribution in [0.1, 0.15) is 98.0 Å². The molecule has 14 heteroatoms. The average Bonchev–Trinajstić information content (AvgIpc) is 4.01. The molecule has 53 heavy (non-hydrogen) atoms. The number of likely N-dealkylation sites (N-methyl/N-ethyl adjacent to an activating group) is 3. The highest BCUT2D eigenvalue weighted by atomic mass is 35.5. The molecule has 0 bridgehead atoms. The third-order valence-corrected chi connectivity index (χ3v) is 9.90. The van der Waals surface area contributed by atoms with Crippen LogP contribution in [0.15, 0.2) is 24.4 Å². The molecule has 2 heterocycles. The van der Waals surface area contributed by atoms with E-state index in [1.54, 1.807) is 52.9 Å². The first-order chi connectivity index (χ1) is 24.9. The van der Waals surface area contributed by atoms with Gasteiger partial charge in [0.1, 0.15) is 35.9 Å². The van der Waals surface area contributed by atoms with Crippen LogP contribution in [0.5, 0.6) is 5.88 Å². The number of hydrogen-bond donors (Lipinski definition) is 2. The normalized spacial score (nSPS) is 23.7.